The third-order valence-electron chi connectivity index (χ3n) is 4.63. The number of nitrogens with zero attached hydrogens (tertiary/aromatic N) is 1. The Bertz CT molecular complexity index is 990. The smallest absolute Gasteiger partial charge is 0.262 e. The highest BCUT2D eigenvalue weighted by atomic mass is 79.9. The molecule has 7 nitrogen and oxygen atoms in total. The van der Waals surface area contributed by atoms with Crippen molar-refractivity contribution in [1.82, 2.24) is 9.79 Å². The Morgan fingerprint density at radius 1 is 1.06 bits per heavy atom. The van der Waals surface area contributed by atoms with E-state index < -0.39 is 27.6 Å². The lowest BCUT2D eigenvalue weighted by atomic mass is 10.0. The molecule has 0 aromatic heterocycles. The van der Waals surface area contributed by atoms with Crippen molar-refractivity contribution < 1.29 is 22.8 Å². The summed E-state index contributed by atoms with van der Waals surface area (Å²) in [5.41, 5.74) is 2.61. The van der Waals surface area contributed by atoms with Crippen LogP contribution in [0.25, 0.3) is 0 Å². The summed E-state index contributed by atoms with van der Waals surface area (Å²) in [7, 11) is -4.03. The van der Waals surface area contributed by atoms with E-state index in [-0.39, 0.29) is 17.4 Å². The van der Waals surface area contributed by atoms with Crippen molar-refractivity contribution in [3.63, 3.8) is 0 Å². The van der Waals surface area contributed by atoms with Crippen LogP contribution >= 0.6 is 15.9 Å². The van der Waals surface area contributed by atoms with Gasteiger partial charge in [-0.1, -0.05) is 60.1 Å². The largest absolute Gasteiger partial charge is 0.493 e. The van der Waals surface area contributed by atoms with Gasteiger partial charge in [0, 0.05) is 11.9 Å². The number of carbonyl (C=O) groups excluding carboxylic acids is 1. The van der Waals surface area contributed by atoms with Gasteiger partial charge in [0.25, 0.3) is 5.91 Å². The van der Waals surface area contributed by atoms with Gasteiger partial charge in [-0.3, -0.25) is 9.63 Å². The van der Waals surface area contributed by atoms with E-state index in [2.05, 4.69) is 21.4 Å². The average molecular weight is 542 g/mol. The predicted molar refractivity (Wildman–Crippen MR) is 133 cm³/mol. The van der Waals surface area contributed by atoms with Gasteiger partial charge in [0.05, 0.1) is 17.1 Å². The maximum atomic E-state index is 13.8. The average Bonchev–Trinajstić information content (AvgIpc) is 2.76. The van der Waals surface area contributed by atoms with Crippen molar-refractivity contribution in [2.45, 2.75) is 57.7 Å². The first-order valence-corrected chi connectivity index (χ1v) is 13.3. The molecule has 0 aliphatic carbocycles. The molecular formula is C24H33BrN2O5S. The second kappa shape index (κ2) is 12.0. The molecule has 0 aliphatic heterocycles. The van der Waals surface area contributed by atoms with Gasteiger partial charge in [-0.05, 0) is 56.5 Å². The molecule has 9 heteroatoms. The van der Waals surface area contributed by atoms with E-state index in [1.54, 1.807) is 32.9 Å². The lowest BCUT2D eigenvalue weighted by Crippen LogP contribution is -2.52. The number of rotatable bonds is 11. The summed E-state index contributed by atoms with van der Waals surface area (Å²) in [6.07, 6.45) is 0. The number of benzene rings is 2. The van der Waals surface area contributed by atoms with Gasteiger partial charge in [-0.15, -0.1) is 0 Å². The molecule has 0 saturated heterocycles. The monoisotopic (exact) mass is 540 g/mol. The molecule has 2 aromatic carbocycles. The number of hydroxylamine groups is 1. The number of amides is 1. The number of carbonyl (C=O) groups is 1. The van der Waals surface area contributed by atoms with Crippen molar-refractivity contribution >= 4 is 31.9 Å². The zero-order chi connectivity index (χ0) is 24.6. The Balaban J connectivity index is 2.45. The number of nitrogens with one attached hydrogen (secondary N) is 1. The van der Waals surface area contributed by atoms with E-state index in [0.29, 0.717) is 17.7 Å². The Morgan fingerprint density at radius 3 is 2.18 bits per heavy atom. The highest BCUT2D eigenvalue weighted by Gasteiger charge is 2.38. The van der Waals surface area contributed by atoms with Gasteiger partial charge in [0.1, 0.15) is 11.8 Å². The molecule has 33 heavy (non-hydrogen) atoms. The summed E-state index contributed by atoms with van der Waals surface area (Å²) in [4.78, 5) is 18.7. The first-order chi connectivity index (χ1) is 15.5. The van der Waals surface area contributed by atoms with E-state index >= 15 is 0 Å². The van der Waals surface area contributed by atoms with Crippen LogP contribution in [-0.4, -0.2) is 42.2 Å². The maximum absolute atomic E-state index is 13.8. The fraction of sp³-hybridized carbons (Fsp3) is 0.458. The maximum Gasteiger partial charge on any atom is 0.262 e. The van der Waals surface area contributed by atoms with Gasteiger partial charge < -0.3 is 4.74 Å². The summed E-state index contributed by atoms with van der Waals surface area (Å²) in [5, 5.41) is 0.666. The fourth-order valence-corrected chi connectivity index (χ4v) is 5.00. The molecule has 1 N–H and O–H groups in total. The van der Waals surface area contributed by atoms with E-state index in [1.165, 1.54) is 16.4 Å². The quantitative estimate of drug-likeness (QED) is 0.334. The number of hydrogen-bond acceptors (Lipinski definition) is 5. The van der Waals surface area contributed by atoms with Crippen LogP contribution in [0.4, 0.5) is 0 Å². The normalized spacial score (nSPS) is 13.2. The predicted octanol–water partition coefficient (Wildman–Crippen LogP) is 4.52. The van der Waals surface area contributed by atoms with E-state index in [0.717, 1.165) is 5.56 Å². The highest BCUT2D eigenvalue weighted by molar-refractivity contribution is 9.09. The van der Waals surface area contributed by atoms with Crippen LogP contribution in [0.15, 0.2) is 59.5 Å². The summed E-state index contributed by atoms with van der Waals surface area (Å²) >= 11 is 3.30. The first-order valence-electron chi connectivity index (χ1n) is 10.8. The molecule has 0 bridgehead atoms. The van der Waals surface area contributed by atoms with E-state index in [9.17, 15) is 13.2 Å². The molecule has 2 aromatic rings. The van der Waals surface area contributed by atoms with E-state index in [1.807, 2.05) is 44.2 Å². The second-order valence-electron chi connectivity index (χ2n) is 8.91. The zero-order valence-electron chi connectivity index (χ0n) is 19.7. The lowest BCUT2D eigenvalue weighted by Gasteiger charge is -2.33. The van der Waals surface area contributed by atoms with Gasteiger partial charge in [-0.2, -0.15) is 4.31 Å². The summed E-state index contributed by atoms with van der Waals surface area (Å²) in [5.74, 6) is -0.259. The molecule has 0 fully saturated rings. The molecule has 0 saturated carbocycles. The van der Waals surface area contributed by atoms with Crippen LogP contribution in [0.2, 0.25) is 0 Å². The highest BCUT2D eigenvalue weighted by Crippen LogP contribution is 2.26. The molecule has 0 spiro atoms. The zero-order valence-corrected chi connectivity index (χ0v) is 22.1. The summed E-state index contributed by atoms with van der Waals surface area (Å²) in [6, 6.07) is 14.4. The Labute approximate surface area is 205 Å². The SMILES string of the molecule is CC(C)[C@H](C(=O)NOC(C)(C)C)N(Cc1ccccc1)S(=O)(=O)c1ccc(OCCBr)cc1. The van der Waals surface area contributed by atoms with Crippen molar-refractivity contribution in [3.05, 3.63) is 60.2 Å². The minimum atomic E-state index is -4.03. The first kappa shape index (κ1) is 27.3. The third kappa shape index (κ3) is 8.10. The molecular weight excluding hydrogens is 508 g/mol. The van der Waals surface area contributed by atoms with Crippen LogP contribution in [0.5, 0.6) is 5.75 Å². The summed E-state index contributed by atoms with van der Waals surface area (Å²) in [6.45, 7) is 9.53. The standard InChI is InChI=1S/C24H33BrN2O5S/c1-18(2)22(23(28)26-32-24(3,4)5)27(17-19-9-7-6-8-10-19)33(29,30)21-13-11-20(12-14-21)31-16-15-25/h6-14,18,22H,15-17H2,1-5H3,(H,26,28)/t22-/m1/s1. The van der Waals surface area contributed by atoms with E-state index in [4.69, 9.17) is 9.57 Å². The number of sulfonamides is 1. The lowest BCUT2D eigenvalue weighted by molar-refractivity contribution is -0.151. The molecule has 0 aliphatic rings. The van der Waals surface area contributed by atoms with Gasteiger partial charge in [0.15, 0.2) is 0 Å². The second-order valence-corrected chi connectivity index (χ2v) is 11.6. The van der Waals surface area contributed by atoms with Crippen LogP contribution in [0, 0.1) is 5.92 Å². The number of hydrogen-bond donors (Lipinski definition) is 1. The van der Waals surface area contributed by atoms with Crippen LogP contribution in [0.1, 0.15) is 40.2 Å². The van der Waals surface area contributed by atoms with Crippen molar-refractivity contribution in [1.29, 1.82) is 0 Å². The summed E-state index contributed by atoms with van der Waals surface area (Å²) < 4.78 is 34.3. The Morgan fingerprint density at radius 2 is 1.67 bits per heavy atom. The molecule has 182 valence electrons. The molecule has 1 amide bonds. The number of halogens is 1. The minimum Gasteiger partial charge on any atom is -0.493 e. The molecule has 0 heterocycles. The topological polar surface area (TPSA) is 84.9 Å². The third-order valence-corrected chi connectivity index (χ3v) is 6.79. The van der Waals surface area contributed by atoms with Crippen LogP contribution < -0.4 is 10.2 Å². The van der Waals surface area contributed by atoms with Crippen molar-refractivity contribution in [2.24, 2.45) is 5.92 Å². The fourth-order valence-electron chi connectivity index (χ4n) is 3.13. The van der Waals surface area contributed by atoms with Gasteiger partial charge in [-0.25, -0.2) is 13.9 Å². The van der Waals surface area contributed by atoms with Crippen LogP contribution in [-0.2, 0) is 26.2 Å². The number of ether oxygens (including phenoxy) is 1. The molecule has 0 radical (unpaired) electrons. The Hall–Kier alpha value is -1.94. The Kier molecular flexibility index (Phi) is 9.90. The minimum absolute atomic E-state index is 0.0385. The molecule has 1 atom stereocenters. The van der Waals surface area contributed by atoms with Crippen molar-refractivity contribution in [2.75, 3.05) is 11.9 Å². The van der Waals surface area contributed by atoms with Gasteiger partial charge >= 0.3 is 0 Å². The molecule has 2 rings (SSSR count). The van der Waals surface area contributed by atoms with Crippen molar-refractivity contribution in [3.8, 4) is 5.75 Å². The van der Waals surface area contributed by atoms with Gasteiger partial charge in [0.2, 0.25) is 10.0 Å². The van der Waals surface area contributed by atoms with Crippen LogP contribution in [0.3, 0.4) is 0 Å². The molecule has 0 unspecified atom stereocenters. The number of alkyl halides is 1.